The summed E-state index contributed by atoms with van der Waals surface area (Å²) in [5, 5.41) is 11.9. The lowest BCUT2D eigenvalue weighted by molar-refractivity contribution is -0.133. The van der Waals surface area contributed by atoms with Gasteiger partial charge in [0.2, 0.25) is 0 Å². The van der Waals surface area contributed by atoms with Gasteiger partial charge in [-0.3, -0.25) is 9.36 Å². The van der Waals surface area contributed by atoms with Crippen molar-refractivity contribution in [3.8, 4) is 5.69 Å². The molecule has 0 spiro atoms. The molecule has 1 heterocycles. The summed E-state index contributed by atoms with van der Waals surface area (Å²) < 4.78 is 1.99. The molecule has 106 valence electrons. The topological polar surface area (TPSA) is 55.1 Å². The lowest BCUT2D eigenvalue weighted by Crippen LogP contribution is -2.02. The molecule has 0 saturated carbocycles. The van der Waals surface area contributed by atoms with Crippen molar-refractivity contribution in [2.24, 2.45) is 0 Å². The number of carboxylic acids is 1. The summed E-state index contributed by atoms with van der Waals surface area (Å²) >= 11 is 1.23. The van der Waals surface area contributed by atoms with E-state index in [1.165, 1.54) is 17.1 Å². The summed E-state index contributed by atoms with van der Waals surface area (Å²) in [6, 6.07) is 14.3. The maximum absolute atomic E-state index is 10.7. The van der Waals surface area contributed by atoms with Gasteiger partial charge >= 0.3 is 5.97 Å². The first kappa shape index (κ1) is 13.7. The number of carbonyl (C=O) groups is 1. The van der Waals surface area contributed by atoms with Crippen molar-refractivity contribution in [3.63, 3.8) is 0 Å². The van der Waals surface area contributed by atoms with Crippen LogP contribution < -0.4 is 0 Å². The van der Waals surface area contributed by atoms with Crippen molar-refractivity contribution in [2.45, 2.75) is 12.1 Å². The Morgan fingerprint density at radius 1 is 1.24 bits per heavy atom. The molecule has 0 aliphatic carbocycles. The maximum atomic E-state index is 10.7. The molecule has 3 rings (SSSR count). The van der Waals surface area contributed by atoms with E-state index < -0.39 is 5.97 Å². The van der Waals surface area contributed by atoms with Crippen LogP contribution >= 0.6 is 11.8 Å². The molecule has 1 aromatic heterocycles. The lowest BCUT2D eigenvalue weighted by atomic mass is 10.1. The molecule has 0 aliphatic heterocycles. The van der Waals surface area contributed by atoms with Gasteiger partial charge in [-0.2, -0.15) is 0 Å². The summed E-state index contributed by atoms with van der Waals surface area (Å²) in [6.45, 7) is 1.97. The zero-order valence-electron chi connectivity index (χ0n) is 11.5. The number of carboxylic acid groups (broad SMARTS) is 1. The SMILES string of the molecule is Cc1cnc(SCC(=O)O)n1-c1ccc2ccccc2c1. The van der Waals surface area contributed by atoms with Crippen molar-refractivity contribution in [2.75, 3.05) is 5.75 Å². The highest BCUT2D eigenvalue weighted by molar-refractivity contribution is 7.99. The van der Waals surface area contributed by atoms with E-state index in [1.54, 1.807) is 6.20 Å². The van der Waals surface area contributed by atoms with Gasteiger partial charge < -0.3 is 5.11 Å². The lowest BCUT2D eigenvalue weighted by Gasteiger charge is -2.10. The number of hydrogen-bond donors (Lipinski definition) is 1. The third-order valence-electron chi connectivity index (χ3n) is 3.22. The summed E-state index contributed by atoms with van der Waals surface area (Å²) in [5.74, 6) is -0.838. The van der Waals surface area contributed by atoms with Crippen LogP contribution in [0.1, 0.15) is 5.69 Å². The van der Waals surface area contributed by atoms with Crippen molar-refractivity contribution < 1.29 is 9.90 Å². The number of thioether (sulfide) groups is 1. The Bertz CT molecular complexity index is 811. The Hall–Kier alpha value is -2.27. The van der Waals surface area contributed by atoms with Crippen LogP contribution in [0.3, 0.4) is 0 Å². The highest BCUT2D eigenvalue weighted by Gasteiger charge is 2.11. The van der Waals surface area contributed by atoms with Crippen molar-refractivity contribution in [1.82, 2.24) is 9.55 Å². The van der Waals surface area contributed by atoms with Gasteiger partial charge in [0.05, 0.1) is 5.75 Å². The second-order valence-corrected chi connectivity index (χ2v) is 5.67. The Morgan fingerprint density at radius 3 is 2.76 bits per heavy atom. The molecule has 0 aliphatic rings. The molecular weight excluding hydrogens is 284 g/mol. The largest absolute Gasteiger partial charge is 0.481 e. The van der Waals surface area contributed by atoms with E-state index in [9.17, 15) is 4.79 Å². The standard InChI is InChI=1S/C16H14N2O2S/c1-11-9-17-16(21-10-15(19)20)18(11)14-7-6-12-4-2-3-5-13(12)8-14/h2-9H,10H2,1H3,(H,19,20). The molecule has 0 amide bonds. The molecule has 0 saturated heterocycles. The molecule has 1 N–H and O–H groups in total. The van der Waals surface area contributed by atoms with Crippen molar-refractivity contribution >= 4 is 28.5 Å². The second-order valence-electron chi connectivity index (χ2n) is 4.73. The summed E-state index contributed by atoms with van der Waals surface area (Å²) in [4.78, 5) is 15.1. The smallest absolute Gasteiger partial charge is 0.313 e. The number of aromatic nitrogens is 2. The van der Waals surface area contributed by atoms with E-state index in [-0.39, 0.29) is 5.75 Å². The monoisotopic (exact) mass is 298 g/mol. The molecule has 3 aromatic rings. The number of aryl methyl sites for hydroxylation is 1. The number of nitrogens with zero attached hydrogens (tertiary/aromatic N) is 2. The minimum atomic E-state index is -0.842. The third-order valence-corrected chi connectivity index (χ3v) is 4.16. The number of hydrogen-bond acceptors (Lipinski definition) is 3. The Balaban J connectivity index is 2.05. The van der Waals surface area contributed by atoms with Crippen molar-refractivity contribution in [1.29, 1.82) is 0 Å². The Labute approximate surface area is 126 Å². The van der Waals surface area contributed by atoms with Gasteiger partial charge in [0.25, 0.3) is 0 Å². The number of aliphatic carboxylic acids is 1. The molecule has 0 unspecified atom stereocenters. The van der Waals surface area contributed by atoms with E-state index in [0.29, 0.717) is 5.16 Å². The van der Waals surface area contributed by atoms with E-state index in [1.807, 2.05) is 29.7 Å². The summed E-state index contributed by atoms with van der Waals surface area (Å²) in [5.41, 5.74) is 1.98. The molecule has 0 radical (unpaired) electrons. The van der Waals surface area contributed by atoms with Gasteiger partial charge in [0, 0.05) is 17.6 Å². The molecule has 5 heteroatoms. The van der Waals surface area contributed by atoms with Crippen LogP contribution in [0.5, 0.6) is 0 Å². The predicted molar refractivity (Wildman–Crippen MR) is 84.2 cm³/mol. The molecular formula is C16H14N2O2S. The Morgan fingerprint density at radius 2 is 2.00 bits per heavy atom. The highest BCUT2D eigenvalue weighted by atomic mass is 32.2. The van der Waals surface area contributed by atoms with Crippen LogP contribution in [-0.2, 0) is 4.79 Å². The second kappa shape index (κ2) is 5.61. The zero-order valence-corrected chi connectivity index (χ0v) is 12.3. The zero-order chi connectivity index (χ0) is 14.8. The van der Waals surface area contributed by atoms with Crippen LogP contribution in [0.25, 0.3) is 16.5 Å². The van der Waals surface area contributed by atoms with Crippen molar-refractivity contribution in [3.05, 3.63) is 54.4 Å². The average Bonchev–Trinajstić information content (AvgIpc) is 2.85. The number of imidazole rings is 1. The van der Waals surface area contributed by atoms with E-state index in [4.69, 9.17) is 5.11 Å². The fraction of sp³-hybridized carbons (Fsp3) is 0.125. The minimum Gasteiger partial charge on any atom is -0.481 e. The fourth-order valence-electron chi connectivity index (χ4n) is 2.27. The van der Waals surface area contributed by atoms with E-state index in [0.717, 1.165) is 16.8 Å². The van der Waals surface area contributed by atoms with Gasteiger partial charge in [0.15, 0.2) is 5.16 Å². The van der Waals surface area contributed by atoms with E-state index in [2.05, 4.69) is 29.2 Å². The minimum absolute atomic E-state index is 0.00400. The van der Waals surface area contributed by atoms with E-state index >= 15 is 0 Å². The quantitative estimate of drug-likeness (QED) is 0.749. The Kier molecular flexibility index (Phi) is 3.66. The van der Waals surface area contributed by atoms with Gasteiger partial charge in [-0.25, -0.2) is 4.98 Å². The van der Waals surface area contributed by atoms with Gasteiger partial charge in [-0.05, 0) is 29.8 Å². The van der Waals surface area contributed by atoms with Crippen LogP contribution in [-0.4, -0.2) is 26.4 Å². The summed E-state index contributed by atoms with van der Waals surface area (Å²) in [6.07, 6.45) is 1.76. The molecule has 21 heavy (non-hydrogen) atoms. The molecule has 0 atom stereocenters. The first-order valence-corrected chi connectivity index (χ1v) is 7.52. The number of fused-ring (bicyclic) bond motifs is 1. The van der Waals surface area contributed by atoms with Crippen LogP contribution in [0.2, 0.25) is 0 Å². The fourth-order valence-corrected chi connectivity index (χ4v) is 3.03. The van der Waals surface area contributed by atoms with Gasteiger partial charge in [0.1, 0.15) is 0 Å². The first-order valence-electron chi connectivity index (χ1n) is 6.53. The summed E-state index contributed by atoms with van der Waals surface area (Å²) in [7, 11) is 0. The third kappa shape index (κ3) is 2.78. The van der Waals surface area contributed by atoms with Gasteiger partial charge in [-0.1, -0.05) is 42.1 Å². The maximum Gasteiger partial charge on any atom is 0.313 e. The van der Waals surface area contributed by atoms with Crippen LogP contribution in [0, 0.1) is 6.92 Å². The molecule has 2 aromatic carbocycles. The molecule has 0 fully saturated rings. The van der Waals surface area contributed by atoms with Crippen LogP contribution in [0.4, 0.5) is 0 Å². The van der Waals surface area contributed by atoms with Gasteiger partial charge in [-0.15, -0.1) is 0 Å². The normalized spacial score (nSPS) is 10.9. The average molecular weight is 298 g/mol. The molecule has 0 bridgehead atoms. The predicted octanol–water partition coefficient (Wildman–Crippen LogP) is 3.51. The highest BCUT2D eigenvalue weighted by Crippen LogP contribution is 2.25. The number of rotatable bonds is 4. The number of benzene rings is 2. The molecule has 4 nitrogen and oxygen atoms in total. The first-order chi connectivity index (χ1) is 10.1. The van der Waals surface area contributed by atoms with Crippen LogP contribution in [0.15, 0.2) is 53.8 Å².